The van der Waals surface area contributed by atoms with Gasteiger partial charge in [-0.2, -0.15) is 10.4 Å². The number of hydrogen-bond acceptors (Lipinski definition) is 6. The van der Waals surface area contributed by atoms with Crippen molar-refractivity contribution >= 4 is 23.8 Å². The summed E-state index contributed by atoms with van der Waals surface area (Å²) in [6, 6.07) is 15.4. The van der Waals surface area contributed by atoms with Gasteiger partial charge in [-0.25, -0.2) is 10.4 Å². The lowest BCUT2D eigenvalue weighted by Crippen LogP contribution is -2.16. The maximum Gasteiger partial charge on any atom is 0.270 e. The molecule has 0 saturated heterocycles. The second kappa shape index (κ2) is 7.51. The van der Waals surface area contributed by atoms with E-state index in [1.54, 1.807) is 36.4 Å². The molecular formula is C18H12ClN5O2. The lowest BCUT2D eigenvalue weighted by atomic mass is 10.1. The molecule has 0 aliphatic heterocycles. The molecule has 26 heavy (non-hydrogen) atoms. The van der Waals surface area contributed by atoms with Crippen molar-refractivity contribution in [2.75, 3.05) is 5.43 Å². The number of benzene rings is 2. The van der Waals surface area contributed by atoms with Gasteiger partial charge in [-0.3, -0.25) is 9.78 Å². The number of nitrogens with zero attached hydrogens (tertiary/aromatic N) is 3. The zero-order valence-corrected chi connectivity index (χ0v) is 14.0. The van der Waals surface area contributed by atoms with Crippen molar-refractivity contribution in [3.63, 3.8) is 0 Å². The van der Waals surface area contributed by atoms with E-state index in [1.807, 2.05) is 12.1 Å². The highest BCUT2D eigenvalue weighted by Gasteiger charge is 2.12. The number of aromatic amines is 1. The fraction of sp³-hybridized carbons (Fsp3) is 0. The van der Waals surface area contributed by atoms with Gasteiger partial charge in [0.1, 0.15) is 17.4 Å². The summed E-state index contributed by atoms with van der Waals surface area (Å²) in [5.74, 6) is 0.0185. The summed E-state index contributed by atoms with van der Waals surface area (Å²) in [4.78, 5) is 18.8. The Labute approximate surface area is 153 Å². The van der Waals surface area contributed by atoms with Crippen molar-refractivity contribution in [1.82, 2.24) is 9.97 Å². The average molecular weight is 366 g/mol. The predicted molar refractivity (Wildman–Crippen MR) is 99.3 cm³/mol. The molecular weight excluding hydrogens is 354 g/mol. The summed E-state index contributed by atoms with van der Waals surface area (Å²) in [7, 11) is 0. The molecule has 1 aromatic heterocycles. The van der Waals surface area contributed by atoms with Gasteiger partial charge in [0, 0.05) is 5.56 Å². The van der Waals surface area contributed by atoms with Crippen LogP contribution in [0.5, 0.6) is 5.75 Å². The van der Waals surface area contributed by atoms with Gasteiger partial charge in [-0.05, 0) is 12.1 Å². The molecule has 0 saturated carbocycles. The number of hydrogen-bond donors (Lipinski definition) is 3. The molecule has 0 aliphatic carbocycles. The minimum Gasteiger partial charge on any atom is -0.507 e. The number of aromatic nitrogens is 2. The van der Waals surface area contributed by atoms with Crippen LogP contribution in [0.3, 0.4) is 0 Å². The minimum absolute atomic E-state index is 0.0331. The first-order valence-electron chi connectivity index (χ1n) is 7.46. The van der Waals surface area contributed by atoms with E-state index in [2.05, 4.69) is 20.5 Å². The van der Waals surface area contributed by atoms with Crippen LogP contribution in [0.4, 0.5) is 5.95 Å². The van der Waals surface area contributed by atoms with E-state index in [0.717, 1.165) is 0 Å². The third-order valence-corrected chi connectivity index (χ3v) is 3.80. The molecule has 0 atom stereocenters. The van der Waals surface area contributed by atoms with Gasteiger partial charge >= 0.3 is 0 Å². The Balaban J connectivity index is 1.95. The second-order valence-corrected chi connectivity index (χ2v) is 5.57. The summed E-state index contributed by atoms with van der Waals surface area (Å²) in [6.45, 7) is 0. The number of H-pyrrole nitrogens is 1. The van der Waals surface area contributed by atoms with Gasteiger partial charge in [0.2, 0.25) is 5.95 Å². The van der Waals surface area contributed by atoms with Gasteiger partial charge in [0.15, 0.2) is 0 Å². The van der Waals surface area contributed by atoms with E-state index < -0.39 is 5.56 Å². The van der Waals surface area contributed by atoms with Crippen molar-refractivity contribution in [3.05, 3.63) is 75.0 Å². The molecule has 0 radical (unpaired) electrons. The Morgan fingerprint density at radius 3 is 2.69 bits per heavy atom. The van der Waals surface area contributed by atoms with E-state index in [-0.39, 0.29) is 23.0 Å². The normalized spacial score (nSPS) is 10.6. The van der Waals surface area contributed by atoms with Crippen molar-refractivity contribution in [3.8, 4) is 23.1 Å². The predicted octanol–water partition coefficient (Wildman–Crippen LogP) is 3.11. The lowest BCUT2D eigenvalue weighted by molar-refractivity contribution is 0.474. The first-order chi connectivity index (χ1) is 12.6. The van der Waals surface area contributed by atoms with E-state index in [9.17, 15) is 15.2 Å². The number of halogens is 1. The smallest absolute Gasteiger partial charge is 0.270 e. The van der Waals surface area contributed by atoms with E-state index in [4.69, 9.17) is 11.6 Å². The largest absolute Gasteiger partial charge is 0.507 e. The quantitative estimate of drug-likeness (QED) is 0.485. The van der Waals surface area contributed by atoms with E-state index in [1.165, 1.54) is 12.3 Å². The molecule has 0 amide bonds. The third kappa shape index (κ3) is 3.55. The number of hydrazone groups is 1. The lowest BCUT2D eigenvalue weighted by Gasteiger charge is -2.06. The molecule has 8 heteroatoms. The summed E-state index contributed by atoms with van der Waals surface area (Å²) >= 11 is 5.99. The number of anilines is 1. The van der Waals surface area contributed by atoms with E-state index in [0.29, 0.717) is 16.1 Å². The molecule has 2 aromatic carbocycles. The first kappa shape index (κ1) is 17.2. The molecule has 3 aromatic rings. The highest BCUT2D eigenvalue weighted by atomic mass is 35.5. The number of rotatable bonds is 4. The molecule has 0 bridgehead atoms. The molecule has 0 fully saturated rings. The number of nitriles is 1. The molecule has 3 rings (SSSR count). The number of aromatic hydroxyl groups is 1. The fourth-order valence-corrected chi connectivity index (χ4v) is 2.46. The van der Waals surface area contributed by atoms with Crippen LogP contribution in [0.15, 0.2) is 58.4 Å². The molecule has 0 spiro atoms. The van der Waals surface area contributed by atoms with Crippen LogP contribution >= 0.6 is 11.6 Å². The molecule has 1 heterocycles. The second-order valence-electron chi connectivity index (χ2n) is 5.16. The van der Waals surface area contributed by atoms with Crippen LogP contribution in [0.25, 0.3) is 11.3 Å². The highest BCUT2D eigenvalue weighted by Crippen LogP contribution is 2.23. The molecule has 128 valence electrons. The standard InChI is InChI=1S/C18H12ClN5O2/c19-14-7-4-8-15(25)13(14)10-21-24-18-22-16(11-5-2-1-3-6-11)12(9-20)17(26)23-18/h1-8,10,25H,(H2,22,23,24,26). The Morgan fingerprint density at radius 2 is 2.00 bits per heavy atom. The van der Waals surface area contributed by atoms with E-state index >= 15 is 0 Å². The van der Waals surface area contributed by atoms with Gasteiger partial charge in [0.25, 0.3) is 5.56 Å². The van der Waals surface area contributed by atoms with Crippen molar-refractivity contribution in [2.24, 2.45) is 5.10 Å². The molecule has 7 nitrogen and oxygen atoms in total. The third-order valence-electron chi connectivity index (χ3n) is 3.47. The van der Waals surface area contributed by atoms with Crippen LogP contribution in [0, 0.1) is 11.3 Å². The topological polar surface area (TPSA) is 114 Å². The molecule has 0 aliphatic rings. The Bertz CT molecular complexity index is 1050. The zero-order chi connectivity index (χ0) is 18.5. The Morgan fingerprint density at radius 1 is 1.23 bits per heavy atom. The van der Waals surface area contributed by atoms with Crippen LogP contribution in [0.1, 0.15) is 11.1 Å². The summed E-state index contributed by atoms with van der Waals surface area (Å²) in [5.41, 5.74) is 3.10. The Hall–Kier alpha value is -3.63. The average Bonchev–Trinajstić information content (AvgIpc) is 2.64. The summed E-state index contributed by atoms with van der Waals surface area (Å²) in [5, 5.41) is 23.3. The van der Waals surface area contributed by atoms with Gasteiger partial charge in [-0.15, -0.1) is 0 Å². The maximum atomic E-state index is 12.1. The number of nitrogens with one attached hydrogen (secondary N) is 2. The van der Waals surface area contributed by atoms with Gasteiger partial charge < -0.3 is 5.11 Å². The van der Waals surface area contributed by atoms with Crippen LogP contribution in [0.2, 0.25) is 5.02 Å². The molecule has 0 unspecified atom stereocenters. The first-order valence-corrected chi connectivity index (χ1v) is 7.84. The van der Waals surface area contributed by atoms with Crippen LogP contribution in [-0.4, -0.2) is 21.3 Å². The Kier molecular flexibility index (Phi) is 4.97. The fourth-order valence-electron chi connectivity index (χ4n) is 2.25. The van der Waals surface area contributed by atoms with Gasteiger partial charge in [-0.1, -0.05) is 48.0 Å². The monoisotopic (exact) mass is 365 g/mol. The summed E-state index contributed by atoms with van der Waals surface area (Å²) < 4.78 is 0. The SMILES string of the molecule is N#Cc1c(-c2ccccc2)nc(NN=Cc2c(O)cccc2Cl)[nH]c1=O. The van der Waals surface area contributed by atoms with Crippen molar-refractivity contribution in [2.45, 2.75) is 0 Å². The molecule has 3 N–H and O–H groups in total. The van der Waals surface area contributed by atoms with Crippen LogP contribution in [-0.2, 0) is 0 Å². The van der Waals surface area contributed by atoms with Gasteiger partial charge in [0.05, 0.1) is 22.5 Å². The van der Waals surface area contributed by atoms with Crippen molar-refractivity contribution in [1.29, 1.82) is 5.26 Å². The van der Waals surface area contributed by atoms with Crippen molar-refractivity contribution < 1.29 is 5.11 Å². The number of phenolic OH excluding ortho intramolecular Hbond substituents is 1. The van der Waals surface area contributed by atoms with Crippen LogP contribution < -0.4 is 11.0 Å². The minimum atomic E-state index is -0.584. The zero-order valence-electron chi connectivity index (χ0n) is 13.3. The maximum absolute atomic E-state index is 12.1. The number of phenols is 1. The summed E-state index contributed by atoms with van der Waals surface area (Å²) in [6.07, 6.45) is 1.30. The highest BCUT2D eigenvalue weighted by molar-refractivity contribution is 6.33.